The molecule has 1 aromatic rings. The van der Waals surface area contributed by atoms with Crippen molar-refractivity contribution >= 4 is 45.1 Å². The van der Waals surface area contributed by atoms with Gasteiger partial charge in [0.15, 0.2) is 0 Å². The lowest BCUT2D eigenvalue weighted by Crippen LogP contribution is -2.27. The lowest BCUT2D eigenvalue weighted by atomic mass is 10.1. The number of halogens is 2. The van der Waals surface area contributed by atoms with Gasteiger partial charge >= 0.3 is 5.97 Å². The Hall–Kier alpha value is -1.07. The molecule has 6 heteroatoms. The summed E-state index contributed by atoms with van der Waals surface area (Å²) in [5.74, 6) is -1.16. The van der Waals surface area contributed by atoms with Gasteiger partial charge in [-0.1, -0.05) is 27.5 Å². The first-order valence-corrected chi connectivity index (χ1v) is 6.67. The third-order valence-corrected chi connectivity index (χ3v) is 3.67. The van der Waals surface area contributed by atoms with Crippen LogP contribution in [-0.4, -0.2) is 28.4 Å². The molecule has 1 aliphatic heterocycles. The van der Waals surface area contributed by atoms with E-state index >= 15 is 0 Å². The zero-order valence-electron chi connectivity index (χ0n) is 9.61. The lowest BCUT2D eigenvalue weighted by molar-refractivity contribution is -0.117. The molecule has 0 radical (unpaired) electrons. The molecule has 1 amide bonds. The van der Waals surface area contributed by atoms with Crippen molar-refractivity contribution in [2.24, 2.45) is 0 Å². The van der Waals surface area contributed by atoms with Crippen LogP contribution in [0.5, 0.6) is 0 Å². The van der Waals surface area contributed by atoms with Gasteiger partial charge in [-0.15, -0.1) is 0 Å². The van der Waals surface area contributed by atoms with Crippen LogP contribution >= 0.6 is 27.5 Å². The summed E-state index contributed by atoms with van der Waals surface area (Å²) < 4.78 is 0. The summed E-state index contributed by atoms with van der Waals surface area (Å²) >= 11 is 9.24. The molecule has 18 heavy (non-hydrogen) atoms. The number of carbonyl (C=O) groups is 2. The van der Waals surface area contributed by atoms with Gasteiger partial charge in [0.25, 0.3) is 0 Å². The Kier molecular flexibility index (Phi) is 3.64. The van der Waals surface area contributed by atoms with Crippen LogP contribution in [0.25, 0.3) is 0 Å². The van der Waals surface area contributed by atoms with Gasteiger partial charge in [0.05, 0.1) is 11.3 Å². The molecule has 0 bridgehead atoms. The number of carbonyl (C=O) groups excluding carboxylic acids is 1. The van der Waals surface area contributed by atoms with Crippen LogP contribution in [0.4, 0.5) is 5.69 Å². The van der Waals surface area contributed by atoms with Crippen molar-refractivity contribution < 1.29 is 14.7 Å². The quantitative estimate of drug-likeness (QED) is 0.847. The van der Waals surface area contributed by atoms with Crippen LogP contribution < -0.4 is 4.90 Å². The lowest BCUT2D eigenvalue weighted by Gasteiger charge is -2.21. The molecule has 1 fully saturated rings. The number of nitrogens with zero attached hydrogens (tertiary/aromatic N) is 1. The number of aromatic carboxylic acids is 1. The molecule has 96 valence electrons. The van der Waals surface area contributed by atoms with Crippen LogP contribution in [-0.2, 0) is 4.79 Å². The van der Waals surface area contributed by atoms with E-state index in [0.29, 0.717) is 29.2 Å². The van der Waals surface area contributed by atoms with E-state index in [-0.39, 0.29) is 16.3 Å². The average Bonchev–Trinajstić information content (AvgIpc) is 2.56. The normalized spacial score (nSPS) is 19.4. The summed E-state index contributed by atoms with van der Waals surface area (Å²) in [4.78, 5) is 24.7. The van der Waals surface area contributed by atoms with Crippen molar-refractivity contribution in [3.63, 3.8) is 0 Å². The second kappa shape index (κ2) is 4.90. The maximum atomic E-state index is 11.9. The van der Waals surface area contributed by atoms with Crippen LogP contribution in [0.1, 0.15) is 22.3 Å². The molecule has 0 aliphatic carbocycles. The van der Waals surface area contributed by atoms with Crippen molar-refractivity contribution in [2.45, 2.75) is 18.2 Å². The van der Waals surface area contributed by atoms with E-state index in [0.717, 1.165) is 0 Å². The van der Waals surface area contributed by atoms with Crippen LogP contribution in [0.2, 0.25) is 5.02 Å². The molecule has 1 aromatic carbocycles. The van der Waals surface area contributed by atoms with Gasteiger partial charge in [0.1, 0.15) is 0 Å². The summed E-state index contributed by atoms with van der Waals surface area (Å²) in [6, 6.07) is 3.04. The molecular weight excluding hydrogens is 321 g/mol. The smallest absolute Gasteiger partial charge is 0.337 e. The molecule has 1 saturated heterocycles. The highest BCUT2D eigenvalue weighted by molar-refractivity contribution is 9.09. The molecule has 1 N–H and O–H groups in total. The molecule has 1 heterocycles. The Labute approximate surface area is 118 Å². The molecule has 0 aromatic heterocycles. The minimum Gasteiger partial charge on any atom is -0.478 e. The second-order valence-electron chi connectivity index (χ2n) is 4.23. The number of rotatable bonds is 2. The summed E-state index contributed by atoms with van der Waals surface area (Å²) in [5, 5.41) is 9.58. The van der Waals surface area contributed by atoms with E-state index in [1.165, 1.54) is 11.0 Å². The molecule has 1 atom stereocenters. The summed E-state index contributed by atoms with van der Waals surface area (Å²) in [6.45, 7) is 2.23. The molecule has 2 rings (SSSR count). The van der Waals surface area contributed by atoms with Crippen LogP contribution in [0, 0.1) is 6.92 Å². The predicted molar refractivity (Wildman–Crippen MR) is 72.8 cm³/mol. The molecule has 4 nitrogen and oxygen atoms in total. The first-order valence-electron chi connectivity index (χ1n) is 5.38. The fourth-order valence-electron chi connectivity index (χ4n) is 2.14. The molecule has 1 unspecified atom stereocenters. The minimum atomic E-state index is -1.08. The van der Waals surface area contributed by atoms with E-state index in [9.17, 15) is 14.7 Å². The topological polar surface area (TPSA) is 57.6 Å². The highest BCUT2D eigenvalue weighted by atomic mass is 79.9. The maximum Gasteiger partial charge on any atom is 0.337 e. The number of alkyl halides is 1. The van der Waals surface area contributed by atoms with Crippen molar-refractivity contribution in [1.29, 1.82) is 0 Å². The van der Waals surface area contributed by atoms with Crippen molar-refractivity contribution in [3.05, 3.63) is 28.3 Å². The molecular formula is C12H11BrClNO3. The number of aryl methyl sites for hydroxylation is 1. The minimum absolute atomic E-state index is 0.0572. The Bertz CT molecular complexity index is 532. The first kappa shape index (κ1) is 13.4. The van der Waals surface area contributed by atoms with Crippen molar-refractivity contribution in [3.8, 4) is 0 Å². The maximum absolute atomic E-state index is 11.9. The van der Waals surface area contributed by atoms with Gasteiger partial charge in [-0.3, -0.25) is 4.79 Å². The van der Waals surface area contributed by atoms with Gasteiger partial charge in [-0.2, -0.15) is 0 Å². The number of carboxylic acid groups (broad SMARTS) is 1. The number of anilines is 1. The first-order chi connectivity index (χ1) is 8.40. The van der Waals surface area contributed by atoms with E-state index in [4.69, 9.17) is 11.6 Å². The Morgan fingerprint density at radius 1 is 1.56 bits per heavy atom. The second-order valence-corrected chi connectivity index (χ2v) is 5.96. The standard InChI is InChI=1S/C12H11BrClNO3/c1-6-2-8(14)4-9(12(17)18)11(6)15-5-7(13)3-10(15)16/h2,4,7H,3,5H2,1H3,(H,17,18). The van der Waals surface area contributed by atoms with Gasteiger partial charge in [-0.25, -0.2) is 4.79 Å². The third-order valence-electron chi connectivity index (χ3n) is 2.84. The number of amides is 1. The van der Waals surface area contributed by atoms with Crippen LogP contribution in [0.15, 0.2) is 12.1 Å². The summed E-state index contributed by atoms with van der Waals surface area (Å²) in [6.07, 6.45) is 0.376. The van der Waals surface area contributed by atoms with Gasteiger partial charge in [-0.05, 0) is 24.6 Å². The Morgan fingerprint density at radius 3 is 2.72 bits per heavy atom. The van der Waals surface area contributed by atoms with Crippen molar-refractivity contribution in [2.75, 3.05) is 11.4 Å². The molecule has 0 saturated carbocycles. The highest BCUT2D eigenvalue weighted by Crippen LogP contribution is 2.33. The van der Waals surface area contributed by atoms with Crippen LogP contribution in [0.3, 0.4) is 0 Å². The predicted octanol–water partition coefficient (Wildman–Crippen LogP) is 2.85. The zero-order valence-corrected chi connectivity index (χ0v) is 12.0. The van der Waals surface area contributed by atoms with Gasteiger partial charge in [0.2, 0.25) is 5.91 Å². The fraction of sp³-hybridized carbons (Fsp3) is 0.333. The highest BCUT2D eigenvalue weighted by Gasteiger charge is 2.32. The number of benzene rings is 1. The Morgan fingerprint density at radius 2 is 2.22 bits per heavy atom. The monoisotopic (exact) mass is 331 g/mol. The third kappa shape index (κ3) is 2.37. The zero-order chi connectivity index (χ0) is 13.4. The number of hydrogen-bond donors (Lipinski definition) is 1. The fourth-order valence-corrected chi connectivity index (χ4v) is 2.98. The SMILES string of the molecule is Cc1cc(Cl)cc(C(=O)O)c1N1CC(Br)CC1=O. The summed E-state index contributed by atoms with van der Waals surface area (Å²) in [7, 11) is 0. The summed E-state index contributed by atoms with van der Waals surface area (Å²) in [5.41, 5.74) is 1.20. The van der Waals surface area contributed by atoms with E-state index in [1.807, 2.05) is 0 Å². The Balaban J connectivity index is 2.56. The number of carboxylic acids is 1. The van der Waals surface area contributed by atoms with E-state index in [2.05, 4.69) is 15.9 Å². The average molecular weight is 333 g/mol. The van der Waals surface area contributed by atoms with E-state index in [1.54, 1.807) is 13.0 Å². The number of hydrogen-bond acceptors (Lipinski definition) is 2. The van der Waals surface area contributed by atoms with Crippen molar-refractivity contribution in [1.82, 2.24) is 0 Å². The van der Waals surface area contributed by atoms with Gasteiger partial charge < -0.3 is 10.0 Å². The largest absolute Gasteiger partial charge is 0.478 e. The molecule has 0 spiro atoms. The van der Waals surface area contributed by atoms with Gasteiger partial charge in [0, 0.05) is 22.8 Å². The molecule has 1 aliphatic rings. The van der Waals surface area contributed by atoms with E-state index < -0.39 is 5.97 Å².